The molecule has 3 unspecified atom stereocenters. The fourth-order valence-corrected chi connectivity index (χ4v) is 1.97. The Bertz CT molecular complexity index is 232. The number of hydrogen-bond donors (Lipinski definition) is 1. The quantitative estimate of drug-likeness (QED) is 0.753. The number of hydrogen-bond acceptors (Lipinski definition) is 4. The third kappa shape index (κ3) is 3.85. The number of morpholine rings is 1. The van der Waals surface area contributed by atoms with Crippen molar-refractivity contribution >= 4 is 5.78 Å². The highest BCUT2D eigenvalue weighted by atomic mass is 16.5. The van der Waals surface area contributed by atoms with Crippen molar-refractivity contribution in [3.8, 4) is 0 Å². The van der Waals surface area contributed by atoms with Gasteiger partial charge in [0.1, 0.15) is 5.78 Å². The van der Waals surface area contributed by atoms with E-state index in [1.807, 2.05) is 20.8 Å². The van der Waals surface area contributed by atoms with Crippen LogP contribution in [-0.4, -0.2) is 54.2 Å². The van der Waals surface area contributed by atoms with Gasteiger partial charge in [-0.2, -0.15) is 0 Å². The molecule has 1 saturated heterocycles. The Morgan fingerprint density at radius 3 is 2.81 bits per heavy atom. The fraction of sp³-hybridized carbons (Fsp3) is 0.917. The van der Waals surface area contributed by atoms with Gasteiger partial charge in [0.2, 0.25) is 0 Å². The zero-order valence-electron chi connectivity index (χ0n) is 10.5. The van der Waals surface area contributed by atoms with Crippen molar-refractivity contribution in [3.05, 3.63) is 0 Å². The van der Waals surface area contributed by atoms with E-state index in [-0.39, 0.29) is 30.5 Å². The van der Waals surface area contributed by atoms with Gasteiger partial charge in [0, 0.05) is 19.0 Å². The third-order valence-corrected chi connectivity index (χ3v) is 3.15. The van der Waals surface area contributed by atoms with Crippen LogP contribution in [0, 0.1) is 5.92 Å². The molecule has 4 heteroatoms. The first-order chi connectivity index (χ1) is 7.56. The summed E-state index contributed by atoms with van der Waals surface area (Å²) in [6.07, 6.45) is 0.839. The zero-order valence-corrected chi connectivity index (χ0v) is 10.5. The van der Waals surface area contributed by atoms with E-state index >= 15 is 0 Å². The van der Waals surface area contributed by atoms with Crippen LogP contribution in [0.5, 0.6) is 0 Å². The van der Waals surface area contributed by atoms with E-state index in [1.165, 1.54) is 0 Å². The van der Waals surface area contributed by atoms with E-state index in [2.05, 4.69) is 4.90 Å². The average molecular weight is 229 g/mol. The van der Waals surface area contributed by atoms with Crippen LogP contribution in [0.3, 0.4) is 0 Å². The van der Waals surface area contributed by atoms with Crippen LogP contribution < -0.4 is 0 Å². The monoisotopic (exact) mass is 229 g/mol. The summed E-state index contributed by atoms with van der Waals surface area (Å²) >= 11 is 0. The molecular formula is C12H23NO3. The lowest BCUT2D eigenvalue weighted by Gasteiger charge is -2.35. The zero-order chi connectivity index (χ0) is 12.1. The molecule has 0 aromatic heterocycles. The molecule has 0 aromatic carbocycles. The molecule has 1 fully saturated rings. The highest BCUT2D eigenvalue weighted by Crippen LogP contribution is 2.12. The first kappa shape index (κ1) is 13.6. The molecule has 0 bridgehead atoms. The van der Waals surface area contributed by atoms with Crippen molar-refractivity contribution in [3.63, 3.8) is 0 Å². The van der Waals surface area contributed by atoms with Gasteiger partial charge in [0.25, 0.3) is 0 Å². The second-order valence-electron chi connectivity index (χ2n) is 4.72. The van der Waals surface area contributed by atoms with Crippen LogP contribution in [0.2, 0.25) is 0 Å². The van der Waals surface area contributed by atoms with Crippen molar-refractivity contribution in [2.45, 2.75) is 39.4 Å². The maximum atomic E-state index is 11.8. The van der Waals surface area contributed by atoms with Crippen LogP contribution in [0.1, 0.15) is 27.2 Å². The Morgan fingerprint density at radius 1 is 1.56 bits per heavy atom. The maximum absolute atomic E-state index is 11.8. The predicted octanol–water partition coefficient (Wildman–Crippen LogP) is 0.683. The molecule has 0 saturated carbocycles. The largest absolute Gasteiger partial charge is 0.394 e. The highest BCUT2D eigenvalue weighted by molar-refractivity contribution is 5.82. The van der Waals surface area contributed by atoms with Gasteiger partial charge in [-0.3, -0.25) is 9.69 Å². The number of ketones is 1. The van der Waals surface area contributed by atoms with Crippen molar-refractivity contribution in [2.24, 2.45) is 5.92 Å². The minimum atomic E-state index is -0.145. The van der Waals surface area contributed by atoms with E-state index in [0.717, 1.165) is 13.0 Å². The van der Waals surface area contributed by atoms with Crippen molar-refractivity contribution in [1.82, 2.24) is 4.90 Å². The van der Waals surface area contributed by atoms with E-state index in [1.54, 1.807) is 0 Å². The lowest BCUT2D eigenvalue weighted by molar-refractivity contribution is -0.129. The van der Waals surface area contributed by atoms with Crippen LogP contribution >= 0.6 is 0 Å². The normalized spacial score (nSPS) is 29.0. The summed E-state index contributed by atoms with van der Waals surface area (Å²) in [4.78, 5) is 13.9. The number of aliphatic hydroxyl groups is 1. The Morgan fingerprint density at radius 2 is 2.25 bits per heavy atom. The van der Waals surface area contributed by atoms with Gasteiger partial charge in [0.15, 0.2) is 0 Å². The van der Waals surface area contributed by atoms with E-state index in [9.17, 15) is 4.79 Å². The number of carbonyl (C=O) groups is 1. The van der Waals surface area contributed by atoms with Crippen molar-refractivity contribution in [1.29, 1.82) is 0 Å². The van der Waals surface area contributed by atoms with Crippen LogP contribution in [0.15, 0.2) is 0 Å². The molecule has 1 heterocycles. The number of rotatable bonds is 5. The van der Waals surface area contributed by atoms with Gasteiger partial charge in [-0.05, 0) is 13.3 Å². The minimum absolute atomic E-state index is 0.0262. The van der Waals surface area contributed by atoms with Crippen LogP contribution in [-0.2, 0) is 9.53 Å². The molecule has 1 N–H and O–H groups in total. The first-order valence-electron chi connectivity index (χ1n) is 6.08. The predicted molar refractivity (Wildman–Crippen MR) is 62.3 cm³/mol. The molecule has 94 valence electrons. The molecule has 0 radical (unpaired) electrons. The van der Waals surface area contributed by atoms with Crippen molar-refractivity contribution < 1.29 is 14.6 Å². The van der Waals surface area contributed by atoms with E-state index in [4.69, 9.17) is 9.84 Å². The summed E-state index contributed by atoms with van der Waals surface area (Å²) in [5.74, 6) is 0.416. The van der Waals surface area contributed by atoms with Gasteiger partial charge in [0.05, 0.1) is 25.4 Å². The lowest BCUT2D eigenvalue weighted by Crippen LogP contribution is -2.49. The average Bonchev–Trinajstić information content (AvgIpc) is 2.26. The third-order valence-electron chi connectivity index (χ3n) is 3.15. The van der Waals surface area contributed by atoms with Gasteiger partial charge >= 0.3 is 0 Å². The van der Waals surface area contributed by atoms with Crippen LogP contribution in [0.25, 0.3) is 0 Å². The van der Waals surface area contributed by atoms with E-state index in [0.29, 0.717) is 13.1 Å². The molecule has 3 atom stereocenters. The number of carbonyl (C=O) groups excluding carboxylic acids is 1. The molecule has 0 spiro atoms. The fourth-order valence-electron chi connectivity index (χ4n) is 1.97. The molecular weight excluding hydrogens is 206 g/mol. The molecule has 0 aromatic rings. The molecule has 0 amide bonds. The minimum Gasteiger partial charge on any atom is -0.394 e. The number of ether oxygens (including phenoxy) is 1. The molecule has 1 rings (SSSR count). The second-order valence-corrected chi connectivity index (χ2v) is 4.72. The summed E-state index contributed by atoms with van der Waals surface area (Å²) in [6, 6.07) is 0. The summed E-state index contributed by atoms with van der Waals surface area (Å²) in [7, 11) is 0. The van der Waals surface area contributed by atoms with E-state index < -0.39 is 0 Å². The smallest absolute Gasteiger partial charge is 0.149 e. The Hall–Kier alpha value is -0.450. The Balaban J connectivity index is 2.44. The topological polar surface area (TPSA) is 49.8 Å². The maximum Gasteiger partial charge on any atom is 0.149 e. The van der Waals surface area contributed by atoms with Gasteiger partial charge < -0.3 is 9.84 Å². The summed E-state index contributed by atoms with van der Waals surface area (Å²) in [6.45, 7) is 7.92. The first-order valence-corrected chi connectivity index (χ1v) is 6.08. The van der Waals surface area contributed by atoms with Gasteiger partial charge in [-0.15, -0.1) is 0 Å². The number of aliphatic hydroxyl groups excluding tert-OH is 1. The van der Waals surface area contributed by atoms with Crippen LogP contribution in [0.4, 0.5) is 0 Å². The Labute approximate surface area is 97.6 Å². The standard InChI is InChI=1S/C12H23NO3/c1-4-9(2)12(15)7-13-5-10(3)16-11(6-13)8-14/h9-11,14H,4-8H2,1-3H3. The summed E-state index contributed by atoms with van der Waals surface area (Å²) in [5, 5.41) is 9.08. The van der Waals surface area contributed by atoms with Crippen molar-refractivity contribution in [2.75, 3.05) is 26.2 Å². The summed E-state index contributed by atoms with van der Waals surface area (Å²) < 4.78 is 5.53. The SMILES string of the molecule is CCC(C)C(=O)CN1CC(C)OC(CO)C1. The highest BCUT2D eigenvalue weighted by Gasteiger charge is 2.26. The Kier molecular flexibility index (Phi) is 5.38. The molecule has 1 aliphatic rings. The number of Topliss-reactive ketones (excluding diaryl/α,β-unsaturated/α-hetero) is 1. The molecule has 0 aliphatic carbocycles. The van der Waals surface area contributed by atoms with Gasteiger partial charge in [-0.1, -0.05) is 13.8 Å². The number of nitrogens with zero attached hydrogens (tertiary/aromatic N) is 1. The summed E-state index contributed by atoms with van der Waals surface area (Å²) in [5.41, 5.74) is 0. The molecule has 1 aliphatic heterocycles. The lowest BCUT2D eigenvalue weighted by atomic mass is 10.0. The second kappa shape index (κ2) is 6.33. The van der Waals surface area contributed by atoms with Gasteiger partial charge in [-0.25, -0.2) is 0 Å². The molecule has 4 nitrogen and oxygen atoms in total. The molecule has 16 heavy (non-hydrogen) atoms.